The van der Waals surface area contributed by atoms with Crippen LogP contribution in [-0.2, 0) is 4.84 Å². The fraction of sp³-hybridized carbons (Fsp3) is 1.00. The maximum absolute atomic E-state index is 5.19. The molecule has 2 nitrogen and oxygen atoms in total. The van der Waals surface area contributed by atoms with Gasteiger partial charge in [0.25, 0.3) is 0 Å². The van der Waals surface area contributed by atoms with Crippen molar-refractivity contribution in [3.8, 4) is 0 Å². The van der Waals surface area contributed by atoms with Crippen molar-refractivity contribution in [3.63, 3.8) is 0 Å². The Morgan fingerprint density at radius 2 is 1.92 bits per heavy atom. The van der Waals surface area contributed by atoms with Crippen molar-refractivity contribution in [2.24, 2.45) is 5.41 Å². The predicted octanol–water partition coefficient (Wildman–Crippen LogP) is 2.50. The highest BCUT2D eigenvalue weighted by Crippen LogP contribution is 2.34. The van der Waals surface area contributed by atoms with Crippen molar-refractivity contribution in [2.75, 3.05) is 6.61 Å². The van der Waals surface area contributed by atoms with Gasteiger partial charge < -0.3 is 4.84 Å². The van der Waals surface area contributed by atoms with Gasteiger partial charge in [-0.2, -0.15) is 5.48 Å². The van der Waals surface area contributed by atoms with E-state index < -0.39 is 0 Å². The Balaban J connectivity index is 2.18. The summed E-state index contributed by atoms with van der Waals surface area (Å²) >= 11 is 0. The topological polar surface area (TPSA) is 21.3 Å². The highest BCUT2D eigenvalue weighted by atomic mass is 16.6. The lowest BCUT2D eigenvalue weighted by Crippen LogP contribution is -2.35. The van der Waals surface area contributed by atoms with Crippen molar-refractivity contribution < 1.29 is 4.84 Å². The molecule has 0 bridgehead atoms. The molecule has 1 fully saturated rings. The molecule has 0 radical (unpaired) electrons. The highest BCUT2D eigenvalue weighted by molar-refractivity contribution is 4.80. The molecule has 1 aliphatic rings. The van der Waals surface area contributed by atoms with Crippen LogP contribution in [0.15, 0.2) is 0 Å². The molecule has 0 aromatic rings. The second-order valence-electron chi connectivity index (χ2n) is 4.49. The number of hydrogen-bond donors (Lipinski definition) is 1. The Kier molecular flexibility index (Phi) is 3.53. The van der Waals surface area contributed by atoms with E-state index in [1.54, 1.807) is 0 Å². The summed E-state index contributed by atoms with van der Waals surface area (Å²) < 4.78 is 0. The lowest BCUT2D eigenvalue weighted by molar-refractivity contribution is 0.00514. The van der Waals surface area contributed by atoms with Gasteiger partial charge in [-0.05, 0) is 38.0 Å². The average Bonchev–Trinajstić information content (AvgIpc) is 2.03. The van der Waals surface area contributed by atoms with E-state index in [2.05, 4.69) is 19.3 Å². The van der Waals surface area contributed by atoms with Crippen LogP contribution < -0.4 is 5.48 Å². The molecule has 72 valence electrons. The molecule has 1 aliphatic carbocycles. The molecule has 0 spiro atoms. The number of nitrogens with one attached hydrogen (secondary N) is 1. The van der Waals surface area contributed by atoms with Crippen LogP contribution in [0, 0.1) is 5.41 Å². The molecular formula is C10H21NO. The first-order chi connectivity index (χ1) is 5.64. The molecule has 1 rings (SSSR count). The molecule has 0 amide bonds. The van der Waals surface area contributed by atoms with Gasteiger partial charge in [0.05, 0.1) is 6.61 Å². The van der Waals surface area contributed by atoms with E-state index in [0.29, 0.717) is 11.5 Å². The normalized spacial score (nSPS) is 24.2. The summed E-state index contributed by atoms with van der Waals surface area (Å²) in [5.41, 5.74) is 3.67. The maximum atomic E-state index is 5.19. The minimum absolute atomic E-state index is 0.560. The Labute approximate surface area is 75.6 Å². The molecule has 12 heavy (non-hydrogen) atoms. The Hall–Kier alpha value is -0.0800. The van der Waals surface area contributed by atoms with E-state index in [1.165, 1.54) is 25.7 Å². The van der Waals surface area contributed by atoms with Gasteiger partial charge in [-0.15, -0.1) is 0 Å². The molecule has 0 aromatic heterocycles. The summed E-state index contributed by atoms with van der Waals surface area (Å²) in [6.07, 6.45) is 5.15. The van der Waals surface area contributed by atoms with Crippen LogP contribution >= 0.6 is 0 Å². The van der Waals surface area contributed by atoms with Gasteiger partial charge in [-0.25, -0.2) is 0 Å². The summed E-state index contributed by atoms with van der Waals surface area (Å²) in [6.45, 7) is 7.48. The Morgan fingerprint density at radius 3 is 2.42 bits per heavy atom. The van der Waals surface area contributed by atoms with Crippen molar-refractivity contribution in [2.45, 2.75) is 52.5 Å². The van der Waals surface area contributed by atoms with Gasteiger partial charge in [-0.1, -0.05) is 13.8 Å². The van der Waals surface area contributed by atoms with Crippen LogP contribution in [0.1, 0.15) is 46.5 Å². The molecule has 0 aromatic carbocycles. The van der Waals surface area contributed by atoms with Gasteiger partial charge in [0.2, 0.25) is 0 Å². The van der Waals surface area contributed by atoms with E-state index in [9.17, 15) is 0 Å². The molecule has 0 atom stereocenters. The minimum atomic E-state index is 0.560. The third-order valence-corrected chi connectivity index (χ3v) is 2.73. The fourth-order valence-corrected chi connectivity index (χ4v) is 1.72. The van der Waals surface area contributed by atoms with Crippen LogP contribution in [0.25, 0.3) is 0 Å². The number of hydrogen-bond acceptors (Lipinski definition) is 2. The first-order valence-electron chi connectivity index (χ1n) is 5.01. The first kappa shape index (κ1) is 10.0. The summed E-state index contributed by atoms with van der Waals surface area (Å²) in [4.78, 5) is 5.19. The first-order valence-corrected chi connectivity index (χ1v) is 5.01. The summed E-state index contributed by atoms with van der Waals surface area (Å²) in [7, 11) is 0. The third kappa shape index (κ3) is 3.11. The van der Waals surface area contributed by atoms with Crippen molar-refractivity contribution in [1.82, 2.24) is 5.48 Å². The van der Waals surface area contributed by atoms with Crippen LogP contribution in [-0.4, -0.2) is 12.6 Å². The summed E-state index contributed by atoms with van der Waals surface area (Å²) in [5.74, 6) is 0. The number of rotatable bonds is 3. The van der Waals surface area contributed by atoms with Crippen molar-refractivity contribution in [3.05, 3.63) is 0 Å². The van der Waals surface area contributed by atoms with Crippen LogP contribution in [0.4, 0.5) is 0 Å². The molecule has 0 unspecified atom stereocenters. The molecule has 1 saturated carbocycles. The smallest absolute Gasteiger partial charge is 0.0654 e. The summed E-state index contributed by atoms with van der Waals surface area (Å²) in [6, 6.07) is 0.595. The highest BCUT2D eigenvalue weighted by Gasteiger charge is 2.26. The quantitative estimate of drug-likeness (QED) is 0.659. The fourth-order valence-electron chi connectivity index (χ4n) is 1.72. The van der Waals surface area contributed by atoms with Gasteiger partial charge >= 0.3 is 0 Å². The van der Waals surface area contributed by atoms with Gasteiger partial charge in [0, 0.05) is 6.04 Å². The second-order valence-corrected chi connectivity index (χ2v) is 4.49. The Bertz CT molecular complexity index is 124. The zero-order valence-electron chi connectivity index (χ0n) is 8.52. The zero-order valence-corrected chi connectivity index (χ0v) is 8.52. The van der Waals surface area contributed by atoms with Crippen LogP contribution in [0.5, 0.6) is 0 Å². The van der Waals surface area contributed by atoms with Crippen molar-refractivity contribution >= 4 is 0 Å². The second kappa shape index (κ2) is 4.24. The van der Waals surface area contributed by atoms with Crippen molar-refractivity contribution in [1.29, 1.82) is 0 Å². The SMILES string of the molecule is CCONC1CCC(C)(C)CC1. The van der Waals surface area contributed by atoms with Gasteiger partial charge in [0.1, 0.15) is 0 Å². The summed E-state index contributed by atoms with van der Waals surface area (Å²) in [5, 5.41) is 0. The molecule has 0 aliphatic heterocycles. The standard InChI is InChI=1S/C10H21NO/c1-4-12-11-9-5-7-10(2,3)8-6-9/h9,11H,4-8H2,1-3H3. The van der Waals surface area contributed by atoms with E-state index in [1.807, 2.05) is 6.92 Å². The van der Waals surface area contributed by atoms with E-state index >= 15 is 0 Å². The number of hydroxylamine groups is 1. The molecule has 0 heterocycles. The van der Waals surface area contributed by atoms with Crippen LogP contribution in [0.2, 0.25) is 0 Å². The molecular weight excluding hydrogens is 150 g/mol. The lowest BCUT2D eigenvalue weighted by Gasteiger charge is -2.34. The van der Waals surface area contributed by atoms with Gasteiger partial charge in [0.15, 0.2) is 0 Å². The molecule has 0 saturated heterocycles. The van der Waals surface area contributed by atoms with Gasteiger partial charge in [-0.3, -0.25) is 0 Å². The monoisotopic (exact) mass is 171 g/mol. The van der Waals surface area contributed by atoms with E-state index in [0.717, 1.165) is 6.61 Å². The van der Waals surface area contributed by atoms with E-state index in [-0.39, 0.29) is 0 Å². The molecule has 2 heteroatoms. The Morgan fingerprint density at radius 1 is 1.33 bits per heavy atom. The minimum Gasteiger partial charge on any atom is -0.302 e. The largest absolute Gasteiger partial charge is 0.302 e. The zero-order chi connectivity index (χ0) is 9.03. The maximum Gasteiger partial charge on any atom is 0.0654 e. The van der Waals surface area contributed by atoms with Crippen LogP contribution in [0.3, 0.4) is 0 Å². The average molecular weight is 171 g/mol. The molecule has 1 N–H and O–H groups in total. The third-order valence-electron chi connectivity index (χ3n) is 2.73. The lowest BCUT2D eigenvalue weighted by atomic mass is 9.76. The van der Waals surface area contributed by atoms with E-state index in [4.69, 9.17) is 4.84 Å². The predicted molar refractivity (Wildman–Crippen MR) is 50.8 cm³/mol.